The molecule has 2 N–H and O–H groups in total. The average Bonchev–Trinajstić information content (AvgIpc) is 2.89. The lowest BCUT2D eigenvalue weighted by Crippen LogP contribution is -2.40. The molecule has 1 amide bonds. The third kappa shape index (κ3) is 6.38. The van der Waals surface area contributed by atoms with E-state index in [1.807, 2.05) is 0 Å². The first-order chi connectivity index (χ1) is 18.1. The number of nitrogens with one attached hydrogen (secondary N) is 2. The predicted molar refractivity (Wildman–Crippen MR) is 132 cm³/mol. The van der Waals surface area contributed by atoms with Gasteiger partial charge in [0.2, 0.25) is 0 Å². The highest BCUT2D eigenvalue weighted by atomic mass is 35.5. The molecule has 0 aliphatic carbocycles. The Labute approximate surface area is 225 Å². The zero-order valence-electron chi connectivity index (χ0n) is 20.2. The molecular formula is C24H24ClF4N5O3S. The summed E-state index contributed by atoms with van der Waals surface area (Å²) < 4.78 is 65.0. The Morgan fingerprint density at radius 1 is 1.34 bits per heavy atom. The van der Waals surface area contributed by atoms with Gasteiger partial charge in [0.15, 0.2) is 0 Å². The fourth-order valence-electron chi connectivity index (χ4n) is 4.15. The summed E-state index contributed by atoms with van der Waals surface area (Å²) in [6.07, 6.45) is -1.47. The maximum atomic E-state index is 13.6. The molecule has 2 aliphatic rings. The summed E-state index contributed by atoms with van der Waals surface area (Å²) in [5.74, 6) is -1.57. The summed E-state index contributed by atoms with van der Waals surface area (Å²) in [6.45, 7) is 0.933. The molecule has 0 radical (unpaired) electrons. The van der Waals surface area contributed by atoms with E-state index in [0.29, 0.717) is 43.3 Å². The van der Waals surface area contributed by atoms with Crippen molar-refractivity contribution >= 4 is 35.5 Å². The zero-order chi connectivity index (χ0) is 27.4. The van der Waals surface area contributed by atoms with Crippen LogP contribution in [0.5, 0.6) is 6.01 Å². The molecule has 3 heterocycles. The Bertz CT molecular complexity index is 1250. The van der Waals surface area contributed by atoms with Gasteiger partial charge in [-0.2, -0.15) is 23.1 Å². The van der Waals surface area contributed by atoms with Crippen molar-refractivity contribution in [3.05, 3.63) is 51.6 Å². The van der Waals surface area contributed by atoms with Crippen molar-refractivity contribution in [3.63, 3.8) is 0 Å². The summed E-state index contributed by atoms with van der Waals surface area (Å²) in [5, 5.41) is 10.6. The lowest BCUT2D eigenvalue weighted by atomic mass is 10.1. The van der Waals surface area contributed by atoms with Gasteiger partial charge < -0.3 is 25.1 Å². The molecule has 14 heteroatoms. The highest BCUT2D eigenvalue weighted by Gasteiger charge is 2.35. The number of allylic oxidation sites excluding steroid dienone is 1. The summed E-state index contributed by atoms with van der Waals surface area (Å²) >= 11 is 7.11. The van der Waals surface area contributed by atoms with E-state index in [1.165, 1.54) is 7.11 Å². The molecule has 204 valence electrons. The van der Waals surface area contributed by atoms with Crippen LogP contribution in [0.2, 0.25) is 0 Å². The first kappa shape index (κ1) is 28.1. The third-order valence-corrected chi connectivity index (χ3v) is 7.49. The molecule has 0 bridgehead atoms. The Hall–Kier alpha value is -2.90. The van der Waals surface area contributed by atoms with Crippen LogP contribution in [-0.2, 0) is 28.7 Å². The number of ether oxygens (including phenoxy) is 2. The van der Waals surface area contributed by atoms with Crippen LogP contribution in [0, 0.1) is 11.2 Å². The first-order valence-electron chi connectivity index (χ1n) is 11.7. The summed E-state index contributed by atoms with van der Waals surface area (Å²) in [6, 6.07) is 2.39. The van der Waals surface area contributed by atoms with Crippen LogP contribution in [0.15, 0.2) is 38.8 Å². The van der Waals surface area contributed by atoms with Gasteiger partial charge in [-0.25, -0.2) is 4.39 Å². The largest absolute Gasteiger partial charge is 0.467 e. The fraction of sp³-hybridized carbons (Fsp3) is 0.417. The number of methoxy groups -OCH3 is 1. The number of carbonyl (C=O) groups is 1. The number of amides is 1. The topological polar surface area (TPSA) is 100 Å². The lowest BCUT2D eigenvalue weighted by molar-refractivity contribution is -0.140. The molecule has 1 atom stereocenters. The SMILES string of the molecule is COc1nc2c(c(Sc3ccc(F)cc3C(F)(F)F)n1)CCN(/C(C=N)=C(\Cl)C(=O)NC1CCCCO1)C2. The lowest BCUT2D eigenvalue weighted by Gasteiger charge is -2.32. The van der Waals surface area contributed by atoms with Gasteiger partial charge in [-0.15, -0.1) is 0 Å². The van der Waals surface area contributed by atoms with E-state index in [-0.39, 0.29) is 33.2 Å². The monoisotopic (exact) mass is 573 g/mol. The van der Waals surface area contributed by atoms with Crippen molar-refractivity contribution in [2.45, 2.75) is 54.6 Å². The number of benzene rings is 1. The summed E-state index contributed by atoms with van der Waals surface area (Å²) in [7, 11) is 1.33. The molecule has 0 saturated carbocycles. The van der Waals surface area contributed by atoms with E-state index in [4.69, 9.17) is 26.5 Å². The zero-order valence-corrected chi connectivity index (χ0v) is 21.8. The van der Waals surface area contributed by atoms with Crippen LogP contribution in [0.25, 0.3) is 0 Å². The summed E-state index contributed by atoms with van der Waals surface area (Å²) in [4.78, 5) is 22.8. The van der Waals surface area contributed by atoms with Gasteiger partial charge in [-0.3, -0.25) is 4.79 Å². The van der Waals surface area contributed by atoms with Gasteiger partial charge in [-0.05, 0) is 43.9 Å². The number of hydrogen-bond donors (Lipinski definition) is 2. The van der Waals surface area contributed by atoms with Crippen LogP contribution in [0.1, 0.15) is 36.1 Å². The third-order valence-electron chi connectivity index (χ3n) is 6.02. The van der Waals surface area contributed by atoms with Crippen molar-refractivity contribution in [1.29, 1.82) is 5.41 Å². The molecule has 8 nitrogen and oxygen atoms in total. The second kappa shape index (κ2) is 11.9. The Kier molecular flexibility index (Phi) is 8.78. The number of fused-ring (bicyclic) bond motifs is 1. The van der Waals surface area contributed by atoms with Crippen LogP contribution in [0.4, 0.5) is 17.6 Å². The van der Waals surface area contributed by atoms with E-state index in [0.717, 1.165) is 43.0 Å². The van der Waals surface area contributed by atoms with Crippen LogP contribution >= 0.6 is 23.4 Å². The minimum Gasteiger partial charge on any atom is -0.467 e. The molecule has 0 spiro atoms. The van der Waals surface area contributed by atoms with Crippen LogP contribution in [0.3, 0.4) is 0 Å². The van der Waals surface area contributed by atoms with E-state index in [2.05, 4.69) is 15.3 Å². The quantitative estimate of drug-likeness (QED) is 0.210. The Balaban J connectivity index is 1.62. The standard InChI is InChI=1S/C24H24ClF4N5O3S/c1-36-23-31-16-12-34(17(11-30)20(25)21(35)32-19-4-2-3-9-37-19)8-7-14(16)22(33-23)38-18-6-5-13(26)10-15(18)24(27,28)29/h5-6,10-11,19,30H,2-4,7-9,12H2,1H3,(H,32,35)/b20-17-,30-11?. The molecule has 1 saturated heterocycles. The molecule has 1 aromatic heterocycles. The number of nitrogens with zero attached hydrogens (tertiary/aromatic N) is 3. The fourth-order valence-corrected chi connectivity index (χ4v) is 5.47. The van der Waals surface area contributed by atoms with Crippen molar-refractivity contribution in [2.24, 2.45) is 0 Å². The first-order valence-corrected chi connectivity index (χ1v) is 12.9. The van der Waals surface area contributed by atoms with Gasteiger partial charge in [0.1, 0.15) is 22.1 Å². The number of halogens is 5. The molecule has 4 rings (SSSR count). The van der Waals surface area contributed by atoms with Gasteiger partial charge >= 0.3 is 12.2 Å². The van der Waals surface area contributed by atoms with Crippen molar-refractivity contribution in [2.75, 3.05) is 20.3 Å². The molecule has 2 aromatic rings. The minimum atomic E-state index is -4.76. The molecule has 1 aromatic carbocycles. The van der Waals surface area contributed by atoms with Gasteiger partial charge in [-0.1, -0.05) is 23.4 Å². The molecule has 1 fully saturated rings. The van der Waals surface area contributed by atoms with E-state index in [1.54, 1.807) is 4.90 Å². The number of hydrogen-bond acceptors (Lipinski definition) is 8. The maximum Gasteiger partial charge on any atom is 0.417 e. The molecule has 2 aliphatic heterocycles. The number of rotatable bonds is 7. The molecule has 1 unspecified atom stereocenters. The average molecular weight is 574 g/mol. The number of carbonyl (C=O) groups excluding carboxylic acids is 1. The van der Waals surface area contributed by atoms with Gasteiger partial charge in [0.05, 0.1) is 30.6 Å². The second-order valence-corrected chi connectivity index (χ2v) is 9.93. The van der Waals surface area contributed by atoms with E-state index in [9.17, 15) is 22.4 Å². The Morgan fingerprint density at radius 2 is 2.13 bits per heavy atom. The predicted octanol–water partition coefficient (Wildman–Crippen LogP) is 4.90. The number of aromatic nitrogens is 2. The Morgan fingerprint density at radius 3 is 2.79 bits per heavy atom. The van der Waals surface area contributed by atoms with E-state index >= 15 is 0 Å². The second-order valence-electron chi connectivity index (χ2n) is 8.52. The number of alkyl halides is 3. The smallest absolute Gasteiger partial charge is 0.417 e. The maximum absolute atomic E-state index is 13.6. The van der Waals surface area contributed by atoms with Crippen molar-refractivity contribution in [3.8, 4) is 6.01 Å². The normalized spacial score (nSPS) is 18.4. The van der Waals surface area contributed by atoms with Gasteiger partial charge in [0, 0.05) is 29.8 Å². The van der Waals surface area contributed by atoms with Crippen molar-refractivity contribution in [1.82, 2.24) is 20.2 Å². The minimum absolute atomic E-state index is 0.0672. The highest BCUT2D eigenvalue weighted by molar-refractivity contribution is 7.99. The highest BCUT2D eigenvalue weighted by Crippen LogP contribution is 2.41. The van der Waals surface area contributed by atoms with Crippen LogP contribution < -0.4 is 10.1 Å². The van der Waals surface area contributed by atoms with Gasteiger partial charge in [0.25, 0.3) is 5.91 Å². The molecular weight excluding hydrogens is 550 g/mol. The summed E-state index contributed by atoms with van der Waals surface area (Å²) in [5.41, 5.74) is 0.0847. The van der Waals surface area contributed by atoms with Crippen LogP contribution in [-0.4, -0.2) is 53.5 Å². The van der Waals surface area contributed by atoms with Crippen molar-refractivity contribution < 1.29 is 31.8 Å². The van der Waals surface area contributed by atoms with E-state index < -0.39 is 29.7 Å². The molecule has 38 heavy (non-hydrogen) atoms.